The molecule has 0 saturated carbocycles. The number of urea groups is 1. The molecule has 6 rings (SSSR count). The van der Waals surface area contributed by atoms with Crippen molar-refractivity contribution >= 4 is 27.6 Å². The molecule has 3 aromatic rings. The van der Waals surface area contributed by atoms with Gasteiger partial charge in [-0.2, -0.15) is 9.40 Å². The Morgan fingerprint density at radius 2 is 1.95 bits per heavy atom. The molecule has 0 unspecified atom stereocenters. The molecule has 2 fully saturated rings. The molecule has 2 saturated heterocycles. The standard InChI is InChI=1S/C30H36N6O7S/c1-34-18-21(17-31-34)20-6-7-27-26(14-20)43-13-10-30(33-28(38)25-16-23(37)19-36(25)44(27,40)41)8-11-35(12-9-30)29(39)32-22-4-3-5-24(15-22)42-2/h3-7,14-15,17-18,23,25,37H,8-13,16,19H2,1-2H3,(H,32,39)(H,33,38)/t23-,25+/m1/s1. The molecule has 1 spiro atoms. The van der Waals surface area contributed by atoms with Crippen LogP contribution in [0.3, 0.4) is 0 Å². The Morgan fingerprint density at radius 1 is 1.16 bits per heavy atom. The van der Waals surface area contributed by atoms with Crippen molar-refractivity contribution in [2.24, 2.45) is 7.05 Å². The number of aliphatic hydroxyl groups excluding tert-OH is 1. The highest BCUT2D eigenvalue weighted by Crippen LogP contribution is 2.37. The molecule has 3 aliphatic heterocycles. The van der Waals surface area contributed by atoms with E-state index in [2.05, 4.69) is 15.7 Å². The van der Waals surface area contributed by atoms with E-state index in [0.29, 0.717) is 43.8 Å². The normalized spacial score (nSPS) is 23.1. The number of hydrogen-bond donors (Lipinski definition) is 3. The number of anilines is 1. The van der Waals surface area contributed by atoms with Crippen LogP contribution in [0.4, 0.5) is 10.5 Å². The third-order valence-corrected chi connectivity index (χ3v) is 10.6. The van der Waals surface area contributed by atoms with Crippen LogP contribution < -0.4 is 20.1 Å². The first-order valence-corrected chi connectivity index (χ1v) is 16.0. The number of ether oxygens (including phenoxy) is 2. The lowest BCUT2D eigenvalue weighted by Gasteiger charge is -2.43. The number of fused-ring (bicyclic) bond motifs is 2. The number of carbonyl (C=O) groups excluding carboxylic acids is 2. The summed E-state index contributed by atoms with van der Waals surface area (Å²) >= 11 is 0. The smallest absolute Gasteiger partial charge is 0.321 e. The minimum absolute atomic E-state index is 0.0137. The van der Waals surface area contributed by atoms with Gasteiger partial charge in [-0.25, -0.2) is 13.2 Å². The maximum absolute atomic E-state index is 13.9. The number of methoxy groups -OCH3 is 1. The third-order valence-electron chi connectivity index (χ3n) is 8.66. The number of piperidine rings is 1. The molecule has 44 heavy (non-hydrogen) atoms. The first-order valence-electron chi connectivity index (χ1n) is 14.5. The number of hydrogen-bond acceptors (Lipinski definition) is 8. The van der Waals surface area contributed by atoms with Gasteiger partial charge in [0.15, 0.2) is 0 Å². The fraction of sp³-hybridized carbons (Fsp3) is 0.433. The molecule has 4 heterocycles. The number of aromatic nitrogens is 2. The number of nitrogens with zero attached hydrogens (tertiary/aromatic N) is 4. The Kier molecular flexibility index (Phi) is 7.99. The van der Waals surface area contributed by atoms with Crippen molar-refractivity contribution in [2.75, 3.05) is 38.7 Å². The highest BCUT2D eigenvalue weighted by Gasteiger charge is 2.47. The van der Waals surface area contributed by atoms with Gasteiger partial charge in [-0.05, 0) is 42.7 Å². The molecule has 14 heteroatoms. The molecule has 1 aromatic heterocycles. The van der Waals surface area contributed by atoms with Crippen LogP contribution >= 0.6 is 0 Å². The van der Waals surface area contributed by atoms with Gasteiger partial charge in [-0.1, -0.05) is 12.1 Å². The zero-order valence-electron chi connectivity index (χ0n) is 24.6. The van der Waals surface area contributed by atoms with Crippen LogP contribution in [-0.2, 0) is 21.9 Å². The van der Waals surface area contributed by atoms with E-state index >= 15 is 0 Å². The minimum atomic E-state index is -4.20. The number of sulfonamides is 1. The van der Waals surface area contributed by atoms with E-state index in [4.69, 9.17) is 9.47 Å². The van der Waals surface area contributed by atoms with Gasteiger partial charge in [0.2, 0.25) is 15.9 Å². The van der Waals surface area contributed by atoms with Crippen molar-refractivity contribution in [3.63, 3.8) is 0 Å². The molecule has 0 radical (unpaired) electrons. The zero-order valence-corrected chi connectivity index (χ0v) is 25.4. The molecule has 0 bridgehead atoms. The summed E-state index contributed by atoms with van der Waals surface area (Å²) in [5.74, 6) is 0.337. The summed E-state index contributed by atoms with van der Waals surface area (Å²) in [7, 11) is -0.839. The molecule has 3 amide bonds. The predicted octanol–water partition coefficient (Wildman–Crippen LogP) is 2.18. The molecule has 0 aliphatic carbocycles. The average Bonchev–Trinajstić information content (AvgIpc) is 3.63. The monoisotopic (exact) mass is 624 g/mol. The SMILES string of the molecule is COc1cccc(NC(=O)N2CCC3(CCOc4cc(-c5cnn(C)c5)ccc4S(=O)(=O)N4C[C@H](O)C[C@H]4C(=O)N3)CC2)c1. The van der Waals surface area contributed by atoms with Gasteiger partial charge in [-0.15, -0.1) is 0 Å². The number of aryl methyl sites for hydroxylation is 1. The molecule has 2 aromatic carbocycles. The van der Waals surface area contributed by atoms with Crippen molar-refractivity contribution in [3.8, 4) is 22.6 Å². The van der Waals surface area contributed by atoms with Crippen molar-refractivity contribution in [1.82, 2.24) is 24.3 Å². The lowest BCUT2D eigenvalue weighted by molar-refractivity contribution is -0.127. The second kappa shape index (κ2) is 11.7. The fourth-order valence-electron chi connectivity index (χ4n) is 6.18. The van der Waals surface area contributed by atoms with Crippen molar-refractivity contribution < 1.29 is 32.6 Å². The van der Waals surface area contributed by atoms with E-state index in [9.17, 15) is 23.1 Å². The summed E-state index contributed by atoms with van der Waals surface area (Å²) in [5, 5.41) is 20.7. The predicted molar refractivity (Wildman–Crippen MR) is 161 cm³/mol. The van der Waals surface area contributed by atoms with Gasteiger partial charge >= 0.3 is 6.03 Å². The second-order valence-electron chi connectivity index (χ2n) is 11.6. The lowest BCUT2D eigenvalue weighted by Crippen LogP contribution is -2.60. The van der Waals surface area contributed by atoms with Gasteiger partial charge in [-0.3, -0.25) is 9.48 Å². The van der Waals surface area contributed by atoms with E-state index in [-0.39, 0.29) is 36.2 Å². The fourth-order valence-corrected chi connectivity index (χ4v) is 7.93. The van der Waals surface area contributed by atoms with Crippen molar-refractivity contribution in [2.45, 2.75) is 48.3 Å². The molecular formula is C30H36N6O7S. The van der Waals surface area contributed by atoms with Crippen LogP contribution in [0.5, 0.6) is 11.5 Å². The van der Waals surface area contributed by atoms with E-state index in [0.717, 1.165) is 15.4 Å². The van der Waals surface area contributed by atoms with Crippen molar-refractivity contribution in [3.05, 3.63) is 54.9 Å². The van der Waals surface area contributed by atoms with Crippen LogP contribution in [0, 0.1) is 0 Å². The Bertz CT molecular complexity index is 1670. The van der Waals surface area contributed by atoms with Crippen LogP contribution in [0.1, 0.15) is 25.7 Å². The van der Waals surface area contributed by atoms with E-state index in [1.54, 1.807) is 66.3 Å². The Labute approximate surface area is 255 Å². The first-order chi connectivity index (χ1) is 21.1. The molecular weight excluding hydrogens is 588 g/mol. The molecule has 3 N–H and O–H groups in total. The Hall–Kier alpha value is -4.14. The highest BCUT2D eigenvalue weighted by atomic mass is 32.2. The van der Waals surface area contributed by atoms with Gasteiger partial charge in [0, 0.05) is 68.6 Å². The molecule has 13 nitrogen and oxygen atoms in total. The quantitative estimate of drug-likeness (QED) is 0.401. The van der Waals surface area contributed by atoms with Crippen LogP contribution in [0.15, 0.2) is 59.8 Å². The van der Waals surface area contributed by atoms with E-state index < -0.39 is 33.6 Å². The Balaban J connectivity index is 1.26. The van der Waals surface area contributed by atoms with Gasteiger partial charge < -0.3 is 30.1 Å². The molecule has 3 aliphatic rings. The summed E-state index contributed by atoms with van der Waals surface area (Å²) in [5.41, 5.74) is 1.40. The number of benzene rings is 2. The van der Waals surface area contributed by atoms with Gasteiger partial charge in [0.1, 0.15) is 22.4 Å². The first kappa shape index (κ1) is 29.9. The summed E-state index contributed by atoms with van der Waals surface area (Å²) in [6.45, 7) is 0.679. The minimum Gasteiger partial charge on any atom is -0.497 e. The largest absolute Gasteiger partial charge is 0.497 e. The highest BCUT2D eigenvalue weighted by molar-refractivity contribution is 7.89. The number of nitrogens with one attached hydrogen (secondary N) is 2. The summed E-state index contributed by atoms with van der Waals surface area (Å²) in [6, 6.07) is 10.6. The van der Waals surface area contributed by atoms with Crippen LogP contribution in [0.2, 0.25) is 0 Å². The molecule has 2 atom stereocenters. The maximum Gasteiger partial charge on any atom is 0.321 e. The molecule has 234 valence electrons. The van der Waals surface area contributed by atoms with Crippen LogP contribution in [0.25, 0.3) is 11.1 Å². The topological polar surface area (TPSA) is 155 Å². The van der Waals surface area contributed by atoms with Crippen LogP contribution in [-0.4, -0.2) is 95.5 Å². The second-order valence-corrected chi connectivity index (χ2v) is 13.4. The number of rotatable bonds is 3. The van der Waals surface area contributed by atoms with Crippen molar-refractivity contribution in [1.29, 1.82) is 0 Å². The number of carbonyl (C=O) groups is 2. The van der Waals surface area contributed by atoms with E-state index in [1.165, 1.54) is 6.07 Å². The number of aliphatic hydroxyl groups is 1. The van der Waals surface area contributed by atoms with Gasteiger partial charge in [0.05, 0.1) is 26.0 Å². The third kappa shape index (κ3) is 5.84. The summed E-state index contributed by atoms with van der Waals surface area (Å²) in [4.78, 5) is 28.4. The average molecular weight is 625 g/mol. The Morgan fingerprint density at radius 3 is 2.68 bits per heavy atom. The van der Waals surface area contributed by atoms with Gasteiger partial charge in [0.25, 0.3) is 0 Å². The lowest BCUT2D eigenvalue weighted by atomic mass is 9.84. The number of likely N-dealkylation sites (tertiary alicyclic amines) is 1. The maximum atomic E-state index is 13.9. The van der Waals surface area contributed by atoms with E-state index in [1.807, 2.05) is 6.20 Å². The summed E-state index contributed by atoms with van der Waals surface area (Å²) in [6.07, 6.45) is 3.79. The zero-order chi connectivity index (χ0) is 31.1. The summed E-state index contributed by atoms with van der Waals surface area (Å²) < 4.78 is 42.0. The number of amides is 3.